The summed E-state index contributed by atoms with van der Waals surface area (Å²) < 4.78 is 0.944. The van der Waals surface area contributed by atoms with Crippen molar-refractivity contribution in [3.63, 3.8) is 0 Å². The van der Waals surface area contributed by atoms with E-state index < -0.39 is 0 Å². The van der Waals surface area contributed by atoms with E-state index in [2.05, 4.69) is 26.4 Å². The molecule has 0 radical (unpaired) electrons. The van der Waals surface area contributed by atoms with E-state index in [1.54, 1.807) is 6.92 Å². The molecule has 1 unspecified atom stereocenters. The maximum atomic E-state index is 8.79. The van der Waals surface area contributed by atoms with Crippen LogP contribution in [0, 0.1) is 11.3 Å². The fourth-order valence-electron chi connectivity index (χ4n) is 1.40. The molecule has 1 aromatic carbocycles. The average Bonchev–Trinajstić information content (AvgIpc) is 2.29. The van der Waals surface area contributed by atoms with Gasteiger partial charge in [-0.15, -0.1) is 0 Å². The summed E-state index contributed by atoms with van der Waals surface area (Å²) in [7, 11) is 0. The molecule has 1 rings (SSSR count). The van der Waals surface area contributed by atoms with Crippen molar-refractivity contribution < 1.29 is 5.21 Å². The largest absolute Gasteiger partial charge is 0.411 e. The van der Waals surface area contributed by atoms with E-state index in [0.29, 0.717) is 5.71 Å². The molecule has 0 aliphatic carbocycles. The maximum absolute atomic E-state index is 8.79. The Bertz CT molecular complexity index is 425. The van der Waals surface area contributed by atoms with Crippen LogP contribution in [0.1, 0.15) is 18.5 Å². The van der Waals surface area contributed by atoms with Gasteiger partial charge in [-0.05, 0) is 24.6 Å². The highest BCUT2D eigenvalue weighted by atomic mass is 79.9. The molecule has 0 saturated carbocycles. The van der Waals surface area contributed by atoms with Gasteiger partial charge in [0, 0.05) is 4.47 Å². The standard InChI is InChI=1S/C11H12BrN3O/c1-8(15-16)11(14-6-5-13)9-3-2-4-10(12)7-9/h2-4,7,11,14,16H,6H2,1H3. The van der Waals surface area contributed by atoms with E-state index in [1.807, 2.05) is 30.3 Å². The van der Waals surface area contributed by atoms with E-state index >= 15 is 0 Å². The van der Waals surface area contributed by atoms with Gasteiger partial charge >= 0.3 is 0 Å². The van der Waals surface area contributed by atoms with Gasteiger partial charge in [-0.3, -0.25) is 5.32 Å². The van der Waals surface area contributed by atoms with Crippen molar-refractivity contribution in [1.82, 2.24) is 5.32 Å². The Balaban J connectivity index is 2.97. The molecule has 0 saturated heterocycles. The van der Waals surface area contributed by atoms with Crippen LogP contribution in [0.4, 0.5) is 0 Å². The fraction of sp³-hybridized carbons (Fsp3) is 0.273. The third kappa shape index (κ3) is 3.33. The van der Waals surface area contributed by atoms with Crippen molar-refractivity contribution in [3.05, 3.63) is 34.3 Å². The Hall–Kier alpha value is -1.38. The number of nitrogens with zero attached hydrogens (tertiary/aromatic N) is 2. The van der Waals surface area contributed by atoms with Crippen molar-refractivity contribution >= 4 is 21.6 Å². The molecule has 5 heteroatoms. The van der Waals surface area contributed by atoms with Crippen molar-refractivity contribution in [2.24, 2.45) is 5.16 Å². The molecule has 0 fully saturated rings. The summed E-state index contributed by atoms with van der Waals surface area (Å²) in [5, 5.41) is 23.5. The lowest BCUT2D eigenvalue weighted by atomic mass is 10.0. The summed E-state index contributed by atoms with van der Waals surface area (Å²) in [4.78, 5) is 0. The lowest BCUT2D eigenvalue weighted by Gasteiger charge is -2.16. The van der Waals surface area contributed by atoms with Gasteiger partial charge in [-0.25, -0.2) is 0 Å². The number of nitriles is 1. The summed E-state index contributed by atoms with van der Waals surface area (Å²) >= 11 is 3.37. The first-order valence-corrected chi connectivity index (χ1v) is 5.52. The van der Waals surface area contributed by atoms with Crippen LogP contribution in [0.25, 0.3) is 0 Å². The average molecular weight is 282 g/mol. The van der Waals surface area contributed by atoms with Gasteiger partial charge in [-0.2, -0.15) is 5.26 Å². The van der Waals surface area contributed by atoms with E-state index in [-0.39, 0.29) is 12.6 Å². The molecule has 0 heterocycles. The maximum Gasteiger partial charge on any atom is 0.0848 e. The fourth-order valence-corrected chi connectivity index (χ4v) is 1.82. The number of nitrogens with one attached hydrogen (secondary N) is 1. The van der Waals surface area contributed by atoms with Crippen LogP contribution in [0.2, 0.25) is 0 Å². The molecule has 16 heavy (non-hydrogen) atoms. The minimum absolute atomic E-state index is 0.198. The van der Waals surface area contributed by atoms with Crippen molar-refractivity contribution in [3.8, 4) is 6.07 Å². The molecular weight excluding hydrogens is 270 g/mol. The Morgan fingerprint density at radius 2 is 2.44 bits per heavy atom. The summed E-state index contributed by atoms with van der Waals surface area (Å²) in [6.45, 7) is 1.90. The van der Waals surface area contributed by atoms with Crippen LogP contribution in [-0.2, 0) is 0 Å². The van der Waals surface area contributed by atoms with Crippen molar-refractivity contribution in [2.45, 2.75) is 13.0 Å². The normalized spacial score (nSPS) is 13.2. The zero-order valence-corrected chi connectivity index (χ0v) is 10.4. The molecular formula is C11H12BrN3O. The zero-order valence-electron chi connectivity index (χ0n) is 8.81. The van der Waals surface area contributed by atoms with Crippen molar-refractivity contribution in [2.75, 3.05) is 6.54 Å². The van der Waals surface area contributed by atoms with Crippen LogP contribution in [-0.4, -0.2) is 17.5 Å². The number of hydrogen-bond acceptors (Lipinski definition) is 4. The van der Waals surface area contributed by atoms with E-state index in [1.165, 1.54) is 0 Å². The Labute approximate surface area is 103 Å². The summed E-state index contributed by atoms with van der Waals surface area (Å²) in [5.74, 6) is 0. The predicted octanol–water partition coefficient (Wildman–Crippen LogP) is 2.45. The molecule has 0 amide bonds. The topological polar surface area (TPSA) is 68.4 Å². The molecule has 4 nitrogen and oxygen atoms in total. The van der Waals surface area contributed by atoms with Crippen LogP contribution in [0.5, 0.6) is 0 Å². The summed E-state index contributed by atoms with van der Waals surface area (Å²) in [5.41, 5.74) is 1.47. The van der Waals surface area contributed by atoms with Crippen LogP contribution in [0.15, 0.2) is 33.9 Å². The molecule has 0 spiro atoms. The van der Waals surface area contributed by atoms with Gasteiger partial charge < -0.3 is 5.21 Å². The first-order chi connectivity index (χ1) is 7.69. The Morgan fingerprint density at radius 3 is 3.00 bits per heavy atom. The highest BCUT2D eigenvalue weighted by Gasteiger charge is 2.14. The van der Waals surface area contributed by atoms with Crippen LogP contribution < -0.4 is 5.32 Å². The molecule has 0 aliphatic rings. The van der Waals surface area contributed by atoms with Gasteiger partial charge in [0.15, 0.2) is 0 Å². The second-order valence-electron chi connectivity index (χ2n) is 3.27. The molecule has 84 valence electrons. The highest BCUT2D eigenvalue weighted by Crippen LogP contribution is 2.19. The van der Waals surface area contributed by atoms with Crippen molar-refractivity contribution in [1.29, 1.82) is 5.26 Å². The SMILES string of the molecule is CC(=NO)C(NCC#N)c1cccc(Br)c1. The molecule has 0 bridgehead atoms. The predicted molar refractivity (Wildman–Crippen MR) is 65.4 cm³/mol. The number of oxime groups is 1. The molecule has 1 atom stereocenters. The summed E-state index contributed by atoms with van der Waals surface area (Å²) in [6, 6.07) is 9.39. The monoisotopic (exact) mass is 281 g/mol. The molecule has 0 aromatic heterocycles. The minimum atomic E-state index is -0.248. The number of benzene rings is 1. The molecule has 2 N–H and O–H groups in total. The minimum Gasteiger partial charge on any atom is -0.411 e. The number of halogens is 1. The lowest BCUT2D eigenvalue weighted by Crippen LogP contribution is -2.27. The van der Waals surface area contributed by atoms with E-state index in [0.717, 1.165) is 10.0 Å². The summed E-state index contributed by atoms with van der Waals surface area (Å²) in [6.07, 6.45) is 0. The third-order valence-electron chi connectivity index (χ3n) is 2.14. The highest BCUT2D eigenvalue weighted by molar-refractivity contribution is 9.10. The second-order valence-corrected chi connectivity index (χ2v) is 4.18. The third-order valence-corrected chi connectivity index (χ3v) is 2.64. The Morgan fingerprint density at radius 1 is 1.69 bits per heavy atom. The number of rotatable bonds is 4. The molecule has 1 aromatic rings. The quantitative estimate of drug-likeness (QED) is 0.386. The van der Waals surface area contributed by atoms with E-state index in [9.17, 15) is 0 Å². The second kappa shape index (κ2) is 6.26. The van der Waals surface area contributed by atoms with Gasteiger partial charge in [0.2, 0.25) is 0 Å². The number of hydrogen-bond donors (Lipinski definition) is 2. The van der Waals surface area contributed by atoms with Gasteiger partial charge in [-0.1, -0.05) is 33.2 Å². The lowest BCUT2D eigenvalue weighted by molar-refractivity contribution is 0.315. The molecule has 0 aliphatic heterocycles. The van der Waals surface area contributed by atoms with Gasteiger partial charge in [0.25, 0.3) is 0 Å². The van der Waals surface area contributed by atoms with Gasteiger partial charge in [0.05, 0.1) is 24.4 Å². The Kier molecular flexibility index (Phi) is 4.96. The zero-order chi connectivity index (χ0) is 12.0. The van der Waals surface area contributed by atoms with Crippen LogP contribution in [0.3, 0.4) is 0 Å². The smallest absolute Gasteiger partial charge is 0.0848 e. The van der Waals surface area contributed by atoms with Gasteiger partial charge in [0.1, 0.15) is 0 Å². The van der Waals surface area contributed by atoms with E-state index in [4.69, 9.17) is 10.5 Å². The first-order valence-electron chi connectivity index (χ1n) is 4.73. The van der Waals surface area contributed by atoms with Crippen LogP contribution >= 0.6 is 15.9 Å². The first kappa shape index (κ1) is 12.7.